The highest BCUT2D eigenvalue weighted by molar-refractivity contribution is 7.13. The first-order valence-electron chi connectivity index (χ1n) is 7.28. The van der Waals surface area contributed by atoms with E-state index in [9.17, 15) is 0 Å². The zero-order chi connectivity index (χ0) is 12.4. The molecule has 0 spiro atoms. The van der Waals surface area contributed by atoms with E-state index in [1.165, 1.54) is 56.1 Å². The predicted octanol–water partition coefficient (Wildman–Crippen LogP) is 2.67. The minimum atomic E-state index is 0.780. The van der Waals surface area contributed by atoms with Gasteiger partial charge in [0.15, 0.2) is 5.13 Å². The molecule has 4 heteroatoms. The standard InChI is InChI=1S/C14H23N3S/c1-2-12-10-18-14(16-12)17(13-5-6-13)9-11-4-3-7-15-8-11/h10-11,13,15H,2-9H2,1H3. The van der Waals surface area contributed by atoms with Crippen molar-refractivity contribution in [3.63, 3.8) is 0 Å². The van der Waals surface area contributed by atoms with E-state index in [-0.39, 0.29) is 0 Å². The summed E-state index contributed by atoms with van der Waals surface area (Å²) in [7, 11) is 0. The van der Waals surface area contributed by atoms with Gasteiger partial charge in [-0.3, -0.25) is 0 Å². The largest absolute Gasteiger partial charge is 0.345 e. The second kappa shape index (κ2) is 5.57. The number of anilines is 1. The number of piperidine rings is 1. The van der Waals surface area contributed by atoms with Gasteiger partial charge in [-0.15, -0.1) is 11.3 Å². The van der Waals surface area contributed by atoms with Crippen LogP contribution in [0.1, 0.15) is 38.3 Å². The van der Waals surface area contributed by atoms with Crippen LogP contribution >= 0.6 is 11.3 Å². The maximum atomic E-state index is 4.78. The molecule has 2 heterocycles. The van der Waals surface area contributed by atoms with Gasteiger partial charge in [0.2, 0.25) is 0 Å². The lowest BCUT2D eigenvalue weighted by Crippen LogP contribution is -2.39. The SMILES string of the molecule is CCc1csc(N(CC2CCCNC2)C2CC2)n1. The van der Waals surface area contributed by atoms with Crippen molar-refractivity contribution in [3.8, 4) is 0 Å². The van der Waals surface area contributed by atoms with Crippen LogP contribution in [-0.2, 0) is 6.42 Å². The Morgan fingerprint density at radius 1 is 1.44 bits per heavy atom. The quantitative estimate of drug-likeness (QED) is 0.887. The van der Waals surface area contributed by atoms with Crippen molar-refractivity contribution in [2.24, 2.45) is 5.92 Å². The Morgan fingerprint density at radius 2 is 2.33 bits per heavy atom. The molecule has 2 aliphatic rings. The number of hydrogen-bond donors (Lipinski definition) is 1. The Labute approximate surface area is 114 Å². The van der Waals surface area contributed by atoms with Gasteiger partial charge < -0.3 is 10.2 Å². The lowest BCUT2D eigenvalue weighted by molar-refractivity contribution is 0.376. The van der Waals surface area contributed by atoms with E-state index >= 15 is 0 Å². The average Bonchev–Trinajstić information content (AvgIpc) is 3.14. The monoisotopic (exact) mass is 265 g/mol. The molecule has 1 N–H and O–H groups in total. The van der Waals surface area contributed by atoms with E-state index < -0.39 is 0 Å². The zero-order valence-electron chi connectivity index (χ0n) is 11.2. The first-order chi connectivity index (χ1) is 8.86. The van der Waals surface area contributed by atoms with Crippen molar-refractivity contribution in [2.45, 2.75) is 45.1 Å². The molecule has 3 nitrogen and oxygen atoms in total. The molecule has 0 bridgehead atoms. The van der Waals surface area contributed by atoms with Gasteiger partial charge in [-0.1, -0.05) is 6.92 Å². The summed E-state index contributed by atoms with van der Waals surface area (Å²) in [5.74, 6) is 0.813. The molecule has 0 amide bonds. The summed E-state index contributed by atoms with van der Waals surface area (Å²) in [6.45, 7) is 5.78. The van der Waals surface area contributed by atoms with Crippen LogP contribution in [-0.4, -0.2) is 30.7 Å². The molecule has 0 aromatic carbocycles. The van der Waals surface area contributed by atoms with Crippen molar-refractivity contribution < 1.29 is 0 Å². The second-order valence-corrected chi connectivity index (χ2v) is 6.41. The predicted molar refractivity (Wildman–Crippen MR) is 77.5 cm³/mol. The third kappa shape index (κ3) is 2.86. The van der Waals surface area contributed by atoms with Crippen LogP contribution in [0.4, 0.5) is 5.13 Å². The van der Waals surface area contributed by atoms with E-state index in [4.69, 9.17) is 4.98 Å². The molecule has 1 saturated carbocycles. The van der Waals surface area contributed by atoms with Crippen LogP contribution < -0.4 is 10.2 Å². The minimum absolute atomic E-state index is 0.780. The molecule has 100 valence electrons. The van der Waals surface area contributed by atoms with Gasteiger partial charge in [0.25, 0.3) is 0 Å². The van der Waals surface area contributed by atoms with E-state index in [1.807, 2.05) is 11.3 Å². The lowest BCUT2D eigenvalue weighted by atomic mass is 9.99. The molecule has 1 saturated heterocycles. The summed E-state index contributed by atoms with van der Waals surface area (Å²) >= 11 is 1.83. The van der Waals surface area contributed by atoms with E-state index in [1.54, 1.807) is 0 Å². The van der Waals surface area contributed by atoms with Crippen LogP contribution in [0.3, 0.4) is 0 Å². The summed E-state index contributed by atoms with van der Waals surface area (Å²) in [4.78, 5) is 7.36. The fourth-order valence-electron chi connectivity index (χ4n) is 2.72. The van der Waals surface area contributed by atoms with Gasteiger partial charge in [-0.05, 0) is 51.1 Å². The number of aryl methyl sites for hydroxylation is 1. The number of aromatic nitrogens is 1. The van der Waals surface area contributed by atoms with Crippen LogP contribution in [0.25, 0.3) is 0 Å². The second-order valence-electron chi connectivity index (χ2n) is 5.57. The van der Waals surface area contributed by atoms with Gasteiger partial charge in [0, 0.05) is 18.0 Å². The molecule has 1 aromatic rings. The molecule has 1 aliphatic heterocycles. The number of thiazole rings is 1. The maximum Gasteiger partial charge on any atom is 0.185 e. The number of hydrogen-bond acceptors (Lipinski definition) is 4. The molecular formula is C14H23N3S. The van der Waals surface area contributed by atoms with Gasteiger partial charge in [-0.25, -0.2) is 4.98 Å². The van der Waals surface area contributed by atoms with Crippen LogP contribution in [0.2, 0.25) is 0 Å². The average molecular weight is 265 g/mol. The summed E-state index contributed by atoms with van der Waals surface area (Å²) in [5, 5.41) is 7.01. The number of nitrogens with zero attached hydrogens (tertiary/aromatic N) is 2. The molecule has 0 radical (unpaired) electrons. The van der Waals surface area contributed by atoms with Crippen molar-refractivity contribution in [3.05, 3.63) is 11.1 Å². The molecular weight excluding hydrogens is 242 g/mol. The lowest BCUT2D eigenvalue weighted by Gasteiger charge is -2.30. The number of rotatable bonds is 5. The third-order valence-corrected chi connectivity index (χ3v) is 4.92. The van der Waals surface area contributed by atoms with E-state index in [0.29, 0.717) is 0 Å². The fraction of sp³-hybridized carbons (Fsp3) is 0.786. The van der Waals surface area contributed by atoms with Gasteiger partial charge in [0.1, 0.15) is 0 Å². The molecule has 18 heavy (non-hydrogen) atoms. The molecule has 1 unspecified atom stereocenters. The van der Waals surface area contributed by atoms with E-state index in [0.717, 1.165) is 18.4 Å². The Hall–Kier alpha value is -0.610. The Balaban J connectivity index is 1.67. The highest BCUT2D eigenvalue weighted by Crippen LogP contribution is 2.34. The van der Waals surface area contributed by atoms with Crippen LogP contribution in [0, 0.1) is 5.92 Å². The Bertz CT molecular complexity index is 380. The Kier molecular flexibility index (Phi) is 3.85. The smallest absolute Gasteiger partial charge is 0.185 e. The summed E-state index contributed by atoms with van der Waals surface area (Å²) in [6.07, 6.45) is 6.49. The highest BCUT2D eigenvalue weighted by Gasteiger charge is 2.32. The highest BCUT2D eigenvalue weighted by atomic mass is 32.1. The zero-order valence-corrected chi connectivity index (χ0v) is 12.0. The normalized spacial score (nSPS) is 24.2. The van der Waals surface area contributed by atoms with E-state index in [2.05, 4.69) is 22.5 Å². The first kappa shape index (κ1) is 12.4. The summed E-state index contributed by atoms with van der Waals surface area (Å²) in [6, 6.07) is 0.780. The molecule has 2 fully saturated rings. The van der Waals surface area contributed by atoms with Gasteiger partial charge in [-0.2, -0.15) is 0 Å². The van der Waals surface area contributed by atoms with Gasteiger partial charge in [0.05, 0.1) is 5.69 Å². The Morgan fingerprint density at radius 3 is 2.94 bits per heavy atom. The minimum Gasteiger partial charge on any atom is -0.345 e. The van der Waals surface area contributed by atoms with Crippen LogP contribution in [0.5, 0.6) is 0 Å². The number of nitrogens with one attached hydrogen (secondary N) is 1. The maximum absolute atomic E-state index is 4.78. The van der Waals surface area contributed by atoms with Crippen molar-refractivity contribution in [1.29, 1.82) is 0 Å². The fourth-order valence-corrected chi connectivity index (χ4v) is 3.71. The van der Waals surface area contributed by atoms with Crippen molar-refractivity contribution in [2.75, 3.05) is 24.5 Å². The summed E-state index contributed by atoms with van der Waals surface area (Å²) < 4.78 is 0. The van der Waals surface area contributed by atoms with Crippen molar-refractivity contribution in [1.82, 2.24) is 10.3 Å². The molecule has 1 aliphatic carbocycles. The topological polar surface area (TPSA) is 28.2 Å². The molecule has 1 atom stereocenters. The molecule has 1 aromatic heterocycles. The van der Waals surface area contributed by atoms with Crippen LogP contribution in [0.15, 0.2) is 5.38 Å². The van der Waals surface area contributed by atoms with Gasteiger partial charge >= 0.3 is 0 Å². The summed E-state index contributed by atoms with van der Waals surface area (Å²) in [5.41, 5.74) is 1.25. The molecule has 3 rings (SSSR count). The van der Waals surface area contributed by atoms with Crippen molar-refractivity contribution >= 4 is 16.5 Å². The third-order valence-electron chi connectivity index (χ3n) is 3.99. The first-order valence-corrected chi connectivity index (χ1v) is 8.16.